The molecule has 0 aliphatic heterocycles. The molecule has 1 heterocycles. The van der Waals surface area contributed by atoms with Gasteiger partial charge in [-0.1, -0.05) is 0 Å². The predicted octanol–water partition coefficient (Wildman–Crippen LogP) is 0.280. The highest BCUT2D eigenvalue weighted by Gasteiger charge is 2.06. The SMILES string of the molecule is COCCc1c(O)c(=O)ccn1C. The van der Waals surface area contributed by atoms with Gasteiger partial charge in [-0.15, -0.1) is 0 Å². The van der Waals surface area contributed by atoms with E-state index in [2.05, 4.69) is 0 Å². The van der Waals surface area contributed by atoms with E-state index in [1.54, 1.807) is 24.9 Å². The van der Waals surface area contributed by atoms with E-state index in [4.69, 9.17) is 4.74 Å². The summed E-state index contributed by atoms with van der Waals surface area (Å²) in [4.78, 5) is 11.1. The van der Waals surface area contributed by atoms with Crippen molar-refractivity contribution in [1.29, 1.82) is 0 Å². The van der Waals surface area contributed by atoms with Crippen LogP contribution < -0.4 is 5.43 Å². The molecule has 1 aromatic rings. The minimum Gasteiger partial charge on any atom is -0.503 e. The number of hydrogen-bond donors (Lipinski definition) is 1. The maximum Gasteiger partial charge on any atom is 0.223 e. The molecule has 0 bridgehead atoms. The molecule has 0 fully saturated rings. The second-order valence-electron chi connectivity index (χ2n) is 2.83. The molecule has 0 spiro atoms. The lowest BCUT2D eigenvalue weighted by molar-refractivity contribution is 0.199. The third-order valence-corrected chi connectivity index (χ3v) is 1.93. The van der Waals surface area contributed by atoms with Crippen molar-refractivity contribution < 1.29 is 9.84 Å². The Balaban J connectivity index is 3.03. The first kappa shape index (κ1) is 9.80. The van der Waals surface area contributed by atoms with E-state index in [1.165, 1.54) is 6.07 Å². The zero-order valence-electron chi connectivity index (χ0n) is 7.78. The molecule has 1 N–H and O–H groups in total. The number of ether oxygens (including phenoxy) is 1. The number of hydrogen-bond acceptors (Lipinski definition) is 3. The molecule has 13 heavy (non-hydrogen) atoms. The predicted molar refractivity (Wildman–Crippen MR) is 48.9 cm³/mol. The van der Waals surface area contributed by atoms with Gasteiger partial charge in [-0.25, -0.2) is 0 Å². The molecule has 0 saturated heterocycles. The highest BCUT2D eigenvalue weighted by atomic mass is 16.5. The minimum absolute atomic E-state index is 0.179. The van der Waals surface area contributed by atoms with Crippen molar-refractivity contribution in [3.05, 3.63) is 28.2 Å². The van der Waals surface area contributed by atoms with E-state index >= 15 is 0 Å². The molecule has 0 aliphatic carbocycles. The lowest BCUT2D eigenvalue weighted by Gasteiger charge is -2.08. The van der Waals surface area contributed by atoms with Crippen molar-refractivity contribution >= 4 is 0 Å². The number of aromatic hydroxyl groups is 1. The lowest BCUT2D eigenvalue weighted by Crippen LogP contribution is -2.11. The smallest absolute Gasteiger partial charge is 0.223 e. The Hall–Kier alpha value is -1.29. The van der Waals surface area contributed by atoms with Gasteiger partial charge in [-0.2, -0.15) is 0 Å². The monoisotopic (exact) mass is 183 g/mol. The molecule has 0 saturated carbocycles. The number of nitrogens with zero attached hydrogens (tertiary/aromatic N) is 1. The van der Waals surface area contributed by atoms with E-state index in [0.29, 0.717) is 18.7 Å². The zero-order valence-corrected chi connectivity index (χ0v) is 7.78. The summed E-state index contributed by atoms with van der Waals surface area (Å²) in [5, 5.41) is 9.42. The summed E-state index contributed by atoms with van der Waals surface area (Å²) >= 11 is 0. The second-order valence-corrected chi connectivity index (χ2v) is 2.83. The van der Waals surface area contributed by atoms with Crippen LogP contribution in [0.25, 0.3) is 0 Å². The van der Waals surface area contributed by atoms with Crippen molar-refractivity contribution in [2.45, 2.75) is 6.42 Å². The van der Waals surface area contributed by atoms with Gasteiger partial charge in [0, 0.05) is 32.8 Å². The largest absolute Gasteiger partial charge is 0.503 e. The molecule has 0 atom stereocenters. The zero-order chi connectivity index (χ0) is 9.84. The van der Waals surface area contributed by atoms with Gasteiger partial charge in [0.2, 0.25) is 5.43 Å². The molecule has 72 valence electrons. The Morgan fingerprint density at radius 1 is 1.62 bits per heavy atom. The van der Waals surface area contributed by atoms with Gasteiger partial charge in [0.05, 0.1) is 12.3 Å². The van der Waals surface area contributed by atoms with Crippen molar-refractivity contribution in [3.63, 3.8) is 0 Å². The van der Waals surface area contributed by atoms with Crippen molar-refractivity contribution in [1.82, 2.24) is 4.57 Å². The molecule has 4 nitrogen and oxygen atoms in total. The van der Waals surface area contributed by atoms with Crippen LogP contribution in [0.5, 0.6) is 5.75 Å². The Morgan fingerprint density at radius 2 is 2.31 bits per heavy atom. The second kappa shape index (κ2) is 4.09. The van der Waals surface area contributed by atoms with Crippen molar-refractivity contribution in [2.24, 2.45) is 7.05 Å². The number of pyridine rings is 1. The average molecular weight is 183 g/mol. The quantitative estimate of drug-likeness (QED) is 0.732. The van der Waals surface area contributed by atoms with Crippen molar-refractivity contribution in [3.8, 4) is 5.75 Å². The van der Waals surface area contributed by atoms with Crippen molar-refractivity contribution in [2.75, 3.05) is 13.7 Å². The normalized spacial score (nSPS) is 10.3. The first-order chi connectivity index (χ1) is 6.16. The van der Waals surface area contributed by atoms with Crippen LogP contribution in [0.3, 0.4) is 0 Å². The number of aryl methyl sites for hydroxylation is 1. The molecule has 0 amide bonds. The van der Waals surface area contributed by atoms with E-state index < -0.39 is 0 Å². The van der Waals surface area contributed by atoms with E-state index in [-0.39, 0.29) is 11.2 Å². The topological polar surface area (TPSA) is 51.5 Å². The van der Waals surface area contributed by atoms with Gasteiger partial charge in [0.25, 0.3) is 0 Å². The van der Waals surface area contributed by atoms with Gasteiger partial charge in [0.1, 0.15) is 0 Å². The van der Waals surface area contributed by atoms with Crippen LogP contribution in [0, 0.1) is 0 Å². The lowest BCUT2D eigenvalue weighted by atomic mass is 10.2. The fourth-order valence-electron chi connectivity index (χ4n) is 1.15. The molecule has 4 heteroatoms. The molecule has 0 unspecified atom stereocenters. The number of aromatic nitrogens is 1. The van der Waals surface area contributed by atoms with E-state index in [1.807, 2.05) is 0 Å². The highest BCUT2D eigenvalue weighted by Crippen LogP contribution is 2.10. The van der Waals surface area contributed by atoms with Crippen LogP contribution in [-0.2, 0) is 18.2 Å². The molecular weight excluding hydrogens is 170 g/mol. The molecule has 0 aromatic carbocycles. The third kappa shape index (κ3) is 2.09. The number of rotatable bonds is 3. The number of methoxy groups -OCH3 is 1. The summed E-state index contributed by atoms with van der Waals surface area (Å²) in [7, 11) is 3.36. The van der Waals surface area contributed by atoms with E-state index in [9.17, 15) is 9.90 Å². The molecule has 0 aliphatic rings. The Morgan fingerprint density at radius 3 is 2.92 bits per heavy atom. The minimum atomic E-state index is -0.343. The Labute approximate surface area is 76.4 Å². The Kier molecular flexibility index (Phi) is 3.08. The maximum atomic E-state index is 11.1. The van der Waals surface area contributed by atoms with Gasteiger partial charge < -0.3 is 14.4 Å². The van der Waals surface area contributed by atoms with Gasteiger partial charge in [-0.05, 0) is 0 Å². The molecule has 1 rings (SSSR count). The highest BCUT2D eigenvalue weighted by molar-refractivity contribution is 5.26. The fourth-order valence-corrected chi connectivity index (χ4v) is 1.15. The molecular formula is C9H13NO3. The molecule has 0 radical (unpaired) electrons. The van der Waals surface area contributed by atoms with Crippen LogP contribution in [0.15, 0.2) is 17.1 Å². The summed E-state index contributed by atoms with van der Waals surface area (Å²) in [5.74, 6) is -0.179. The fraction of sp³-hybridized carbons (Fsp3) is 0.444. The summed E-state index contributed by atoms with van der Waals surface area (Å²) in [6, 6.07) is 1.34. The summed E-state index contributed by atoms with van der Waals surface area (Å²) in [6.45, 7) is 0.491. The van der Waals surface area contributed by atoms with Crippen LogP contribution in [0.1, 0.15) is 5.69 Å². The Bertz CT molecular complexity index is 343. The average Bonchev–Trinajstić information content (AvgIpc) is 2.12. The van der Waals surface area contributed by atoms with Gasteiger partial charge >= 0.3 is 0 Å². The summed E-state index contributed by atoms with van der Waals surface area (Å²) in [6.07, 6.45) is 2.17. The third-order valence-electron chi connectivity index (χ3n) is 1.93. The molecule has 1 aromatic heterocycles. The van der Waals surface area contributed by atoms with E-state index in [0.717, 1.165) is 0 Å². The summed E-state index contributed by atoms with van der Waals surface area (Å²) in [5.41, 5.74) is 0.263. The standard InChI is InChI=1S/C9H13NO3/c1-10-5-3-8(11)9(12)7(10)4-6-13-2/h3,5,12H,4,6H2,1-2H3. The van der Waals surface area contributed by atoms with Gasteiger partial charge in [0.15, 0.2) is 5.75 Å². The summed E-state index contributed by atoms with van der Waals surface area (Å²) < 4.78 is 6.59. The van der Waals surface area contributed by atoms with Gasteiger partial charge in [-0.3, -0.25) is 4.79 Å². The van der Waals surface area contributed by atoms with Crippen LogP contribution in [0.4, 0.5) is 0 Å². The first-order valence-electron chi connectivity index (χ1n) is 4.03. The van der Waals surface area contributed by atoms with Crippen LogP contribution >= 0.6 is 0 Å². The van der Waals surface area contributed by atoms with Crippen LogP contribution in [-0.4, -0.2) is 23.4 Å². The van der Waals surface area contributed by atoms with Crippen LogP contribution in [0.2, 0.25) is 0 Å². The first-order valence-corrected chi connectivity index (χ1v) is 4.03. The maximum absolute atomic E-state index is 11.1.